The van der Waals surface area contributed by atoms with Crippen LogP contribution in [0.2, 0.25) is 10.0 Å². The Bertz CT molecular complexity index is 508. The van der Waals surface area contributed by atoms with E-state index in [4.69, 9.17) is 28.9 Å². The van der Waals surface area contributed by atoms with Crippen molar-refractivity contribution in [2.75, 3.05) is 18.8 Å². The Morgan fingerprint density at radius 2 is 1.95 bits per heavy atom. The number of carbonyl (C=O) groups is 1. The molecule has 0 aliphatic carbocycles. The van der Waals surface area contributed by atoms with Crippen LogP contribution in [0.1, 0.15) is 30.1 Å². The molecule has 1 amide bonds. The van der Waals surface area contributed by atoms with Crippen LogP contribution >= 0.6 is 23.2 Å². The number of hydrogen-bond acceptors (Lipinski definition) is 3. The summed E-state index contributed by atoms with van der Waals surface area (Å²) < 4.78 is 0. The Kier molecular flexibility index (Phi) is 3.95. The average molecular weight is 303 g/mol. The summed E-state index contributed by atoms with van der Waals surface area (Å²) >= 11 is 12.0. The second-order valence-corrected chi connectivity index (χ2v) is 5.94. The summed E-state index contributed by atoms with van der Waals surface area (Å²) in [5, 5.41) is 10.4. The van der Waals surface area contributed by atoms with E-state index >= 15 is 0 Å². The monoisotopic (exact) mass is 302 g/mol. The van der Waals surface area contributed by atoms with Gasteiger partial charge in [0.1, 0.15) is 0 Å². The molecule has 1 saturated heterocycles. The van der Waals surface area contributed by atoms with Crippen molar-refractivity contribution in [3.8, 4) is 0 Å². The van der Waals surface area contributed by atoms with Crippen molar-refractivity contribution in [3.63, 3.8) is 0 Å². The number of carbonyl (C=O) groups excluding carboxylic acids is 1. The lowest BCUT2D eigenvalue weighted by Gasteiger charge is -2.36. The number of piperidine rings is 1. The number of amides is 1. The van der Waals surface area contributed by atoms with Crippen LogP contribution in [-0.4, -0.2) is 34.6 Å². The molecule has 1 aromatic rings. The number of hydrogen-bond donors (Lipinski definition) is 2. The fourth-order valence-corrected chi connectivity index (χ4v) is 2.55. The fourth-order valence-electron chi connectivity index (χ4n) is 2.13. The molecule has 0 spiro atoms. The molecule has 1 aliphatic heterocycles. The number of anilines is 1. The third-order valence-electron chi connectivity index (χ3n) is 3.41. The number of aliphatic hydroxyl groups is 1. The quantitative estimate of drug-likeness (QED) is 0.784. The summed E-state index contributed by atoms with van der Waals surface area (Å²) in [7, 11) is 0. The molecule has 0 bridgehead atoms. The maximum absolute atomic E-state index is 12.4. The first-order chi connectivity index (χ1) is 8.80. The molecule has 0 unspecified atom stereocenters. The van der Waals surface area contributed by atoms with Gasteiger partial charge in [-0.1, -0.05) is 23.2 Å². The van der Waals surface area contributed by atoms with Gasteiger partial charge in [-0.2, -0.15) is 0 Å². The van der Waals surface area contributed by atoms with Crippen molar-refractivity contribution in [3.05, 3.63) is 27.7 Å². The van der Waals surface area contributed by atoms with Gasteiger partial charge >= 0.3 is 0 Å². The third-order valence-corrected chi connectivity index (χ3v) is 4.21. The van der Waals surface area contributed by atoms with Crippen molar-refractivity contribution in [1.82, 2.24) is 4.90 Å². The lowest BCUT2D eigenvalue weighted by Crippen LogP contribution is -2.45. The summed E-state index contributed by atoms with van der Waals surface area (Å²) in [6.07, 6.45) is 1.10. The van der Waals surface area contributed by atoms with Gasteiger partial charge in [0.15, 0.2) is 0 Å². The van der Waals surface area contributed by atoms with Gasteiger partial charge in [0.25, 0.3) is 5.91 Å². The molecule has 1 aliphatic rings. The van der Waals surface area contributed by atoms with Crippen molar-refractivity contribution in [2.45, 2.75) is 25.4 Å². The summed E-state index contributed by atoms with van der Waals surface area (Å²) in [5.74, 6) is -0.199. The predicted molar refractivity (Wildman–Crippen MR) is 76.6 cm³/mol. The van der Waals surface area contributed by atoms with Gasteiger partial charge in [0, 0.05) is 18.8 Å². The second kappa shape index (κ2) is 5.19. The van der Waals surface area contributed by atoms with Gasteiger partial charge in [0.05, 0.1) is 21.2 Å². The summed E-state index contributed by atoms with van der Waals surface area (Å²) in [5.41, 5.74) is 5.70. The molecular weight excluding hydrogens is 287 g/mol. The molecule has 104 valence electrons. The highest BCUT2D eigenvalue weighted by Gasteiger charge is 2.30. The molecule has 1 aromatic carbocycles. The SMILES string of the molecule is CC1(O)CCN(C(=O)c2cc(N)cc(Cl)c2Cl)CC1. The van der Waals surface area contributed by atoms with Gasteiger partial charge in [-0.05, 0) is 31.9 Å². The van der Waals surface area contributed by atoms with Crippen molar-refractivity contribution >= 4 is 34.8 Å². The number of benzene rings is 1. The molecule has 6 heteroatoms. The van der Waals surface area contributed by atoms with E-state index in [1.54, 1.807) is 11.8 Å². The summed E-state index contributed by atoms with van der Waals surface area (Å²) in [6.45, 7) is 2.77. The molecule has 3 N–H and O–H groups in total. The van der Waals surface area contributed by atoms with E-state index in [1.165, 1.54) is 12.1 Å². The molecule has 2 rings (SSSR count). The first-order valence-corrected chi connectivity index (χ1v) is 6.82. The van der Waals surface area contributed by atoms with Crippen molar-refractivity contribution in [2.24, 2.45) is 0 Å². The van der Waals surface area contributed by atoms with Gasteiger partial charge in [-0.3, -0.25) is 4.79 Å². The number of nitrogens with zero attached hydrogens (tertiary/aromatic N) is 1. The van der Waals surface area contributed by atoms with E-state index in [-0.39, 0.29) is 16.0 Å². The van der Waals surface area contributed by atoms with Crippen LogP contribution in [0.5, 0.6) is 0 Å². The Morgan fingerprint density at radius 3 is 2.53 bits per heavy atom. The van der Waals surface area contributed by atoms with E-state index in [2.05, 4.69) is 0 Å². The predicted octanol–water partition coefficient (Wildman–Crippen LogP) is 2.56. The minimum absolute atomic E-state index is 0.199. The maximum Gasteiger partial charge on any atom is 0.255 e. The second-order valence-electron chi connectivity index (χ2n) is 5.15. The molecule has 0 saturated carbocycles. The zero-order valence-corrected chi connectivity index (χ0v) is 12.1. The van der Waals surface area contributed by atoms with Gasteiger partial charge in [-0.25, -0.2) is 0 Å². The molecule has 1 fully saturated rings. The number of rotatable bonds is 1. The first kappa shape index (κ1) is 14.4. The fraction of sp³-hybridized carbons (Fsp3) is 0.462. The molecule has 0 aromatic heterocycles. The maximum atomic E-state index is 12.4. The lowest BCUT2D eigenvalue weighted by atomic mass is 9.93. The topological polar surface area (TPSA) is 66.6 Å². The number of nitrogens with two attached hydrogens (primary N) is 1. The smallest absolute Gasteiger partial charge is 0.255 e. The zero-order chi connectivity index (χ0) is 14.2. The van der Waals surface area contributed by atoms with E-state index < -0.39 is 5.60 Å². The molecule has 0 radical (unpaired) electrons. The van der Waals surface area contributed by atoms with Crippen LogP contribution in [0.3, 0.4) is 0 Å². The first-order valence-electron chi connectivity index (χ1n) is 6.06. The Hall–Kier alpha value is -0.970. The standard InChI is InChI=1S/C13H16Cl2N2O2/c1-13(19)2-4-17(5-3-13)12(18)9-6-8(16)7-10(14)11(9)15/h6-7,19H,2-5,16H2,1H3. The van der Waals surface area contributed by atoms with Crippen LogP contribution < -0.4 is 5.73 Å². The lowest BCUT2D eigenvalue weighted by molar-refractivity contribution is -0.00201. The van der Waals surface area contributed by atoms with Gasteiger partial charge < -0.3 is 15.7 Å². The van der Waals surface area contributed by atoms with E-state index in [0.29, 0.717) is 37.2 Å². The minimum Gasteiger partial charge on any atom is -0.399 e. The van der Waals surface area contributed by atoms with Gasteiger partial charge in [0.2, 0.25) is 0 Å². The Balaban J connectivity index is 2.21. The number of nitrogen functional groups attached to an aromatic ring is 1. The van der Waals surface area contributed by atoms with Crippen molar-refractivity contribution in [1.29, 1.82) is 0 Å². The normalized spacial score (nSPS) is 18.4. The molecule has 1 heterocycles. The van der Waals surface area contributed by atoms with Crippen LogP contribution in [0, 0.1) is 0 Å². The molecular formula is C13H16Cl2N2O2. The van der Waals surface area contributed by atoms with Crippen LogP contribution in [0.4, 0.5) is 5.69 Å². The number of halogens is 2. The van der Waals surface area contributed by atoms with E-state index in [0.717, 1.165) is 0 Å². The van der Waals surface area contributed by atoms with Crippen molar-refractivity contribution < 1.29 is 9.90 Å². The van der Waals surface area contributed by atoms with Crippen LogP contribution in [0.15, 0.2) is 12.1 Å². The Morgan fingerprint density at radius 1 is 1.37 bits per heavy atom. The summed E-state index contributed by atoms with van der Waals surface area (Å²) in [6, 6.07) is 3.05. The molecule has 19 heavy (non-hydrogen) atoms. The molecule has 4 nitrogen and oxygen atoms in total. The average Bonchev–Trinajstić information content (AvgIpc) is 2.33. The zero-order valence-electron chi connectivity index (χ0n) is 10.6. The highest BCUT2D eigenvalue weighted by Crippen LogP contribution is 2.31. The third kappa shape index (κ3) is 3.14. The highest BCUT2D eigenvalue weighted by atomic mass is 35.5. The van der Waals surface area contributed by atoms with E-state index in [9.17, 15) is 9.90 Å². The minimum atomic E-state index is -0.700. The largest absolute Gasteiger partial charge is 0.399 e. The Labute approximate surface area is 122 Å². The summed E-state index contributed by atoms with van der Waals surface area (Å²) in [4.78, 5) is 14.0. The van der Waals surface area contributed by atoms with Gasteiger partial charge in [-0.15, -0.1) is 0 Å². The number of likely N-dealkylation sites (tertiary alicyclic amines) is 1. The molecule has 0 atom stereocenters. The highest BCUT2D eigenvalue weighted by molar-refractivity contribution is 6.44. The van der Waals surface area contributed by atoms with E-state index in [1.807, 2.05) is 0 Å². The van der Waals surface area contributed by atoms with Crippen LogP contribution in [0.25, 0.3) is 0 Å². The van der Waals surface area contributed by atoms with Crippen LogP contribution in [-0.2, 0) is 0 Å².